The highest BCUT2D eigenvalue weighted by molar-refractivity contribution is 5.81. The molecule has 0 spiro atoms. The fourth-order valence-electron chi connectivity index (χ4n) is 3.78. The predicted octanol–water partition coefficient (Wildman–Crippen LogP) is 2.64. The normalized spacial score (nSPS) is 30.1. The summed E-state index contributed by atoms with van der Waals surface area (Å²) in [6.07, 6.45) is 0.601. The van der Waals surface area contributed by atoms with Crippen molar-refractivity contribution in [3.05, 3.63) is 0 Å². The third kappa shape index (κ3) is 3.28. The lowest BCUT2D eigenvalue weighted by Gasteiger charge is -2.45. The lowest BCUT2D eigenvalue weighted by atomic mass is 9.80. The zero-order valence-corrected chi connectivity index (χ0v) is 13.8. The number of alkyl halides is 2. The van der Waals surface area contributed by atoms with Crippen molar-refractivity contribution in [2.45, 2.75) is 70.1 Å². The summed E-state index contributed by atoms with van der Waals surface area (Å²) < 4.78 is 31.4. The van der Waals surface area contributed by atoms with E-state index in [-0.39, 0.29) is 36.9 Å². The second-order valence-corrected chi connectivity index (χ2v) is 7.98. The molecule has 0 aromatic carbocycles. The Labute approximate surface area is 134 Å². The van der Waals surface area contributed by atoms with E-state index in [0.717, 1.165) is 12.8 Å². The molecule has 3 rings (SSSR count). The van der Waals surface area contributed by atoms with Gasteiger partial charge in [0.1, 0.15) is 5.60 Å². The van der Waals surface area contributed by atoms with Crippen molar-refractivity contribution in [1.82, 2.24) is 9.80 Å². The molecule has 2 heterocycles. The second-order valence-electron chi connectivity index (χ2n) is 7.98. The van der Waals surface area contributed by atoms with Gasteiger partial charge in [-0.05, 0) is 33.6 Å². The fraction of sp³-hybridized carbons (Fsp3) is 0.875. The Morgan fingerprint density at radius 1 is 1.09 bits per heavy atom. The summed E-state index contributed by atoms with van der Waals surface area (Å²) in [4.78, 5) is 28.1. The molecule has 0 radical (unpaired) electrons. The molecule has 0 N–H and O–H groups in total. The average molecular weight is 330 g/mol. The van der Waals surface area contributed by atoms with E-state index in [1.54, 1.807) is 9.80 Å². The van der Waals surface area contributed by atoms with Gasteiger partial charge in [-0.2, -0.15) is 0 Å². The summed E-state index contributed by atoms with van der Waals surface area (Å²) in [5, 5.41) is 0. The molecular weight excluding hydrogens is 306 g/mol. The third-order valence-corrected chi connectivity index (χ3v) is 4.83. The highest BCUT2D eigenvalue weighted by Gasteiger charge is 2.53. The minimum Gasteiger partial charge on any atom is -0.444 e. The van der Waals surface area contributed by atoms with E-state index in [2.05, 4.69) is 0 Å². The van der Waals surface area contributed by atoms with Crippen LogP contribution in [0.3, 0.4) is 0 Å². The SMILES string of the molecule is CC(C)(C)OC(=O)N1C[C@H]2CC[C@@H](C1)N2C(=O)C1CC(F)(F)C1. The molecule has 2 amide bonds. The average Bonchev–Trinajstić information content (AvgIpc) is 2.63. The molecule has 2 atom stereocenters. The molecule has 3 fully saturated rings. The van der Waals surface area contributed by atoms with Crippen molar-refractivity contribution in [2.75, 3.05) is 13.1 Å². The number of hydrogen-bond acceptors (Lipinski definition) is 3. The highest BCUT2D eigenvalue weighted by atomic mass is 19.3. The van der Waals surface area contributed by atoms with E-state index >= 15 is 0 Å². The van der Waals surface area contributed by atoms with Gasteiger partial charge in [0.25, 0.3) is 0 Å². The van der Waals surface area contributed by atoms with Crippen molar-refractivity contribution in [2.24, 2.45) is 5.92 Å². The molecule has 5 nitrogen and oxygen atoms in total. The summed E-state index contributed by atoms with van der Waals surface area (Å²) in [6, 6.07) is -0.133. The molecule has 2 bridgehead atoms. The summed E-state index contributed by atoms with van der Waals surface area (Å²) in [6.45, 7) is 6.31. The van der Waals surface area contributed by atoms with Gasteiger partial charge >= 0.3 is 6.09 Å². The van der Waals surface area contributed by atoms with Crippen LogP contribution in [0.25, 0.3) is 0 Å². The van der Waals surface area contributed by atoms with Gasteiger partial charge in [-0.25, -0.2) is 13.6 Å². The molecule has 0 unspecified atom stereocenters. The van der Waals surface area contributed by atoms with E-state index in [4.69, 9.17) is 4.74 Å². The van der Waals surface area contributed by atoms with Gasteiger partial charge in [0, 0.05) is 43.9 Å². The summed E-state index contributed by atoms with van der Waals surface area (Å²) >= 11 is 0. The maximum atomic E-state index is 13.0. The van der Waals surface area contributed by atoms with E-state index in [0.29, 0.717) is 13.1 Å². The minimum absolute atomic E-state index is 0.0667. The number of hydrogen-bond donors (Lipinski definition) is 0. The first-order valence-electron chi connectivity index (χ1n) is 8.24. The Kier molecular flexibility index (Phi) is 3.80. The molecule has 2 aliphatic heterocycles. The highest BCUT2D eigenvalue weighted by Crippen LogP contribution is 2.45. The maximum Gasteiger partial charge on any atom is 0.410 e. The fourth-order valence-corrected chi connectivity index (χ4v) is 3.78. The summed E-state index contributed by atoms with van der Waals surface area (Å²) in [7, 11) is 0. The number of nitrogens with zero attached hydrogens (tertiary/aromatic N) is 2. The van der Waals surface area contributed by atoms with Crippen molar-refractivity contribution in [3.63, 3.8) is 0 Å². The number of carbonyl (C=O) groups excluding carboxylic acids is 2. The van der Waals surface area contributed by atoms with Gasteiger partial charge in [-0.1, -0.05) is 0 Å². The van der Waals surface area contributed by atoms with E-state index in [1.165, 1.54) is 0 Å². The first kappa shape index (κ1) is 16.5. The first-order chi connectivity index (χ1) is 10.6. The van der Waals surface area contributed by atoms with Crippen LogP contribution in [0.5, 0.6) is 0 Å². The van der Waals surface area contributed by atoms with E-state index in [1.807, 2.05) is 20.8 Å². The van der Waals surface area contributed by atoms with Crippen LogP contribution in [0, 0.1) is 5.92 Å². The van der Waals surface area contributed by atoms with Gasteiger partial charge in [0.15, 0.2) is 0 Å². The zero-order chi connectivity index (χ0) is 17.0. The van der Waals surface area contributed by atoms with Crippen molar-refractivity contribution in [1.29, 1.82) is 0 Å². The minimum atomic E-state index is -2.68. The Bertz CT molecular complexity index is 496. The van der Waals surface area contributed by atoms with Gasteiger partial charge < -0.3 is 14.5 Å². The summed E-state index contributed by atoms with van der Waals surface area (Å²) in [5.41, 5.74) is -0.555. The number of ether oxygens (including phenoxy) is 1. The lowest BCUT2D eigenvalue weighted by Crippen LogP contribution is -2.60. The number of amides is 2. The molecule has 23 heavy (non-hydrogen) atoms. The van der Waals surface area contributed by atoms with Gasteiger partial charge in [-0.3, -0.25) is 4.79 Å². The Morgan fingerprint density at radius 3 is 2.04 bits per heavy atom. The molecule has 0 aromatic heterocycles. The molecule has 3 aliphatic rings. The Balaban J connectivity index is 1.61. The Hall–Kier alpha value is -1.40. The van der Waals surface area contributed by atoms with Crippen LogP contribution in [-0.4, -0.2) is 58.5 Å². The van der Waals surface area contributed by atoms with Gasteiger partial charge in [0.05, 0.1) is 0 Å². The molecule has 130 valence electrons. The third-order valence-electron chi connectivity index (χ3n) is 4.83. The molecule has 1 saturated carbocycles. The van der Waals surface area contributed by atoms with Crippen LogP contribution in [-0.2, 0) is 9.53 Å². The van der Waals surface area contributed by atoms with Crippen LogP contribution in [0.2, 0.25) is 0 Å². The van der Waals surface area contributed by atoms with Gasteiger partial charge in [-0.15, -0.1) is 0 Å². The number of rotatable bonds is 1. The molecule has 7 heteroatoms. The largest absolute Gasteiger partial charge is 0.444 e. The number of fused-ring (bicyclic) bond motifs is 2. The van der Waals surface area contributed by atoms with E-state index < -0.39 is 17.4 Å². The molecule has 1 aliphatic carbocycles. The Morgan fingerprint density at radius 2 is 1.61 bits per heavy atom. The maximum absolute atomic E-state index is 13.0. The molecule has 0 aromatic rings. The van der Waals surface area contributed by atoms with Crippen molar-refractivity contribution in [3.8, 4) is 0 Å². The van der Waals surface area contributed by atoms with Crippen LogP contribution >= 0.6 is 0 Å². The zero-order valence-electron chi connectivity index (χ0n) is 13.8. The van der Waals surface area contributed by atoms with Crippen LogP contribution < -0.4 is 0 Å². The topological polar surface area (TPSA) is 49.9 Å². The van der Waals surface area contributed by atoms with Crippen molar-refractivity contribution < 1.29 is 23.1 Å². The molecular formula is C16H24F2N2O3. The standard InChI is InChI=1S/C16H24F2N2O3/c1-15(2,3)23-14(22)19-8-11-4-5-12(9-19)20(11)13(21)10-6-16(17,18)7-10/h10-12H,4-9H2,1-3H3/t11-,12+. The molecule has 2 saturated heterocycles. The monoisotopic (exact) mass is 330 g/mol. The summed E-state index contributed by atoms with van der Waals surface area (Å²) in [5.74, 6) is -3.40. The van der Waals surface area contributed by atoms with Crippen LogP contribution in [0.1, 0.15) is 46.5 Å². The lowest BCUT2D eigenvalue weighted by molar-refractivity contribution is -0.164. The number of likely N-dealkylation sites (tertiary alicyclic amines) is 1. The second kappa shape index (κ2) is 5.31. The predicted molar refractivity (Wildman–Crippen MR) is 79.1 cm³/mol. The number of piperazine rings is 1. The van der Waals surface area contributed by atoms with Gasteiger partial charge in [0.2, 0.25) is 11.8 Å². The number of halogens is 2. The first-order valence-corrected chi connectivity index (χ1v) is 8.24. The smallest absolute Gasteiger partial charge is 0.410 e. The number of carbonyl (C=O) groups is 2. The van der Waals surface area contributed by atoms with Crippen molar-refractivity contribution >= 4 is 12.0 Å². The van der Waals surface area contributed by atoms with E-state index in [9.17, 15) is 18.4 Å². The van der Waals surface area contributed by atoms with Crippen LogP contribution in [0.15, 0.2) is 0 Å². The van der Waals surface area contributed by atoms with Crippen LogP contribution in [0.4, 0.5) is 13.6 Å². The quantitative estimate of drug-likeness (QED) is 0.743.